The van der Waals surface area contributed by atoms with Crippen molar-refractivity contribution in [3.8, 4) is 22.4 Å². The Morgan fingerprint density at radius 3 is 1.89 bits per heavy atom. The van der Waals surface area contributed by atoms with Gasteiger partial charge in [0.05, 0.1) is 35.9 Å². The van der Waals surface area contributed by atoms with Gasteiger partial charge in [-0.25, -0.2) is 19.6 Å². The Kier molecular flexibility index (Phi) is 10.1. The fraction of sp³-hybridized carbons (Fsp3) is 0.489. The van der Waals surface area contributed by atoms with E-state index >= 15 is 0 Å². The number of nitrogens with one attached hydrogen (secondary N) is 4. The molecule has 2 saturated carbocycles. The number of carboxylic acid groups (broad SMARTS) is 1. The van der Waals surface area contributed by atoms with Gasteiger partial charge >= 0.3 is 12.2 Å². The standard InChI is InChI=1S/C47H52N8O8/c1-61-47(60)53-41(25-10-14-63-15-11-25)45(57)55-37-20-32(37)22-39(55)43-49-33-7-6-29(18-34(33)50-43)27-2-3-28-17-30(5-4-26(28)16-27)35-23-48-42(51-35)38-21-31-19-36(31)54(38)44(56)40(52-46(58)59)24-8-12-62-13-9-24/h2-7,16-18,23-25,31-32,36-41,52H,8-15,19-22H2,1H3,(H,48,51)(H,49,50)(H,53,60)(H,58,59)/t31-,32-,36-,37-,38+,39+,40+,41+/m1/s1. The van der Waals surface area contributed by atoms with E-state index in [-0.39, 0.29) is 47.8 Å². The van der Waals surface area contributed by atoms with Crippen LogP contribution in [0.25, 0.3) is 44.2 Å². The summed E-state index contributed by atoms with van der Waals surface area (Å²) in [5.41, 5.74) is 5.54. The monoisotopic (exact) mass is 856 g/mol. The average molecular weight is 857 g/mol. The number of piperidine rings is 2. The van der Waals surface area contributed by atoms with E-state index in [4.69, 9.17) is 24.2 Å². The van der Waals surface area contributed by atoms with Crippen molar-refractivity contribution in [3.05, 3.63) is 72.4 Å². The molecule has 2 aromatic heterocycles. The number of benzene rings is 3. The number of hydrogen-bond donors (Lipinski definition) is 5. The third-order valence-corrected chi connectivity index (χ3v) is 14.7. The van der Waals surface area contributed by atoms with E-state index in [0.29, 0.717) is 63.9 Å². The number of methoxy groups -OCH3 is 1. The van der Waals surface area contributed by atoms with E-state index in [0.717, 1.165) is 81.5 Å². The lowest BCUT2D eigenvalue weighted by Crippen LogP contribution is -2.54. The molecule has 6 heterocycles. The number of aromatic amines is 2. The second-order valence-electron chi connectivity index (χ2n) is 18.4. The van der Waals surface area contributed by atoms with Crippen molar-refractivity contribution >= 4 is 45.8 Å². The summed E-state index contributed by atoms with van der Waals surface area (Å²) in [6.45, 7) is 2.16. The molecule has 4 amide bonds. The summed E-state index contributed by atoms with van der Waals surface area (Å²) in [4.78, 5) is 73.5. The maximum Gasteiger partial charge on any atom is 0.407 e. The molecule has 4 aliphatic heterocycles. The van der Waals surface area contributed by atoms with Gasteiger partial charge in [-0.05, 0) is 121 Å². The third-order valence-electron chi connectivity index (χ3n) is 14.7. The number of likely N-dealkylation sites (tertiary alicyclic amines) is 2. The van der Waals surface area contributed by atoms with Crippen molar-refractivity contribution < 1.29 is 38.5 Å². The second kappa shape index (κ2) is 16.0. The van der Waals surface area contributed by atoms with Crippen molar-refractivity contribution in [3.63, 3.8) is 0 Å². The van der Waals surface area contributed by atoms with Crippen molar-refractivity contribution in [2.24, 2.45) is 23.7 Å². The highest BCUT2D eigenvalue weighted by atomic mass is 16.5. The van der Waals surface area contributed by atoms with Crippen molar-refractivity contribution in [2.75, 3.05) is 33.5 Å². The molecule has 6 fully saturated rings. The molecule has 11 rings (SSSR count). The van der Waals surface area contributed by atoms with E-state index in [9.17, 15) is 24.3 Å². The predicted molar refractivity (Wildman–Crippen MR) is 230 cm³/mol. The van der Waals surface area contributed by atoms with E-state index < -0.39 is 24.3 Å². The number of nitrogens with zero attached hydrogens (tertiary/aromatic N) is 4. The van der Waals surface area contributed by atoms with Crippen LogP contribution in [0.2, 0.25) is 0 Å². The summed E-state index contributed by atoms with van der Waals surface area (Å²) in [7, 11) is 1.32. The fourth-order valence-electron chi connectivity index (χ4n) is 11.1. The van der Waals surface area contributed by atoms with E-state index in [1.807, 2.05) is 22.1 Å². The van der Waals surface area contributed by atoms with Gasteiger partial charge in [0.15, 0.2) is 0 Å². The van der Waals surface area contributed by atoms with Gasteiger partial charge < -0.3 is 49.7 Å². The molecule has 16 heteroatoms. The van der Waals surface area contributed by atoms with E-state index in [1.165, 1.54) is 7.11 Å². The highest BCUT2D eigenvalue weighted by Crippen LogP contribution is 2.55. The molecule has 0 spiro atoms. The van der Waals surface area contributed by atoms with Crippen LogP contribution in [0, 0.1) is 23.7 Å². The van der Waals surface area contributed by atoms with Crippen LogP contribution in [0.1, 0.15) is 75.1 Å². The summed E-state index contributed by atoms with van der Waals surface area (Å²) in [6.07, 6.45) is 6.30. The minimum atomic E-state index is -1.19. The Bertz CT molecular complexity index is 2600. The molecule has 328 valence electrons. The minimum Gasteiger partial charge on any atom is -0.465 e. The van der Waals surface area contributed by atoms with Crippen LogP contribution in [-0.2, 0) is 23.8 Å². The van der Waals surface area contributed by atoms with Crippen LogP contribution in [0.15, 0.2) is 60.8 Å². The van der Waals surface area contributed by atoms with Gasteiger partial charge in [-0.15, -0.1) is 0 Å². The molecule has 5 aromatic rings. The number of H-pyrrole nitrogens is 2. The first-order valence-electron chi connectivity index (χ1n) is 22.4. The number of amides is 4. The maximum absolute atomic E-state index is 14.3. The maximum atomic E-state index is 14.3. The summed E-state index contributed by atoms with van der Waals surface area (Å²) in [6, 6.07) is 17.2. The highest BCUT2D eigenvalue weighted by Gasteiger charge is 2.58. The smallest absolute Gasteiger partial charge is 0.407 e. The SMILES string of the molecule is COC(=O)N[C@H](C(=O)N1[C@@H]2C[C@@H]2C[C@H]1c1nc2cc(-c3ccc4cc(-c5c[nH]c([C@@H]6C[C@H]7C[C@H]7N6C(=O)[C@@H](NC(=O)O)C6CCOCC6)n5)ccc4c3)ccc2[nH]1)C1CCOCC1. The predicted octanol–water partition coefficient (Wildman–Crippen LogP) is 6.31. The molecule has 5 N–H and O–H groups in total. The largest absolute Gasteiger partial charge is 0.465 e. The van der Waals surface area contributed by atoms with Crippen molar-refractivity contribution in [2.45, 2.75) is 87.6 Å². The number of carbonyl (C=O) groups excluding carboxylic acids is 3. The van der Waals surface area contributed by atoms with Crippen LogP contribution in [0.4, 0.5) is 9.59 Å². The Morgan fingerprint density at radius 1 is 0.714 bits per heavy atom. The molecule has 8 atom stereocenters. The second-order valence-corrected chi connectivity index (χ2v) is 18.4. The lowest BCUT2D eigenvalue weighted by molar-refractivity contribution is -0.138. The zero-order valence-corrected chi connectivity index (χ0v) is 35.1. The molecule has 0 radical (unpaired) electrons. The highest BCUT2D eigenvalue weighted by molar-refractivity contribution is 5.92. The van der Waals surface area contributed by atoms with Gasteiger partial charge in [-0.2, -0.15) is 0 Å². The quantitative estimate of drug-likeness (QED) is 0.106. The number of aromatic nitrogens is 4. The molecule has 3 aromatic carbocycles. The zero-order valence-electron chi connectivity index (χ0n) is 35.1. The van der Waals surface area contributed by atoms with Gasteiger partial charge in [-0.1, -0.05) is 30.3 Å². The van der Waals surface area contributed by atoms with Crippen LogP contribution < -0.4 is 10.6 Å². The topological polar surface area (TPSA) is 204 Å². The molecule has 63 heavy (non-hydrogen) atoms. The van der Waals surface area contributed by atoms with Gasteiger partial charge in [-0.3, -0.25) is 9.59 Å². The molecule has 6 aliphatic rings. The molecule has 0 unspecified atom stereocenters. The van der Waals surface area contributed by atoms with Crippen molar-refractivity contribution in [1.82, 2.24) is 40.4 Å². The minimum absolute atomic E-state index is 0.0291. The summed E-state index contributed by atoms with van der Waals surface area (Å²) in [5.74, 6) is 1.92. The Labute approximate surface area is 363 Å². The van der Waals surface area contributed by atoms with Gasteiger partial charge in [0.2, 0.25) is 11.8 Å². The number of alkyl carbamates (subject to hydrolysis) is 1. The molecule has 16 nitrogen and oxygen atoms in total. The average Bonchev–Trinajstić information content (AvgIpc) is 3.93. The lowest BCUT2D eigenvalue weighted by atomic mass is 9.90. The number of hydrogen-bond acceptors (Lipinski definition) is 9. The molecule has 2 aliphatic carbocycles. The van der Waals surface area contributed by atoms with Gasteiger partial charge in [0, 0.05) is 50.3 Å². The molecule has 0 bridgehead atoms. The van der Waals surface area contributed by atoms with Gasteiger partial charge in [0.25, 0.3) is 0 Å². The molecule has 4 saturated heterocycles. The molecular formula is C47H52N8O8. The zero-order chi connectivity index (χ0) is 42.9. The Morgan fingerprint density at radius 2 is 1.27 bits per heavy atom. The number of imidazole rings is 2. The first-order valence-corrected chi connectivity index (χ1v) is 22.4. The summed E-state index contributed by atoms with van der Waals surface area (Å²) >= 11 is 0. The number of rotatable bonds is 10. The molecular weight excluding hydrogens is 805 g/mol. The van der Waals surface area contributed by atoms with Crippen LogP contribution in [0.3, 0.4) is 0 Å². The Balaban J connectivity index is 0.806. The number of ether oxygens (including phenoxy) is 3. The van der Waals surface area contributed by atoms with E-state index in [2.05, 4.69) is 69.1 Å². The van der Waals surface area contributed by atoms with Gasteiger partial charge in [0.1, 0.15) is 23.7 Å². The Hall–Kier alpha value is -6.00. The van der Waals surface area contributed by atoms with Crippen LogP contribution >= 0.6 is 0 Å². The number of fused-ring (bicyclic) bond motifs is 4. The fourth-order valence-corrected chi connectivity index (χ4v) is 11.1. The third kappa shape index (κ3) is 7.46. The van der Waals surface area contributed by atoms with Crippen molar-refractivity contribution in [1.29, 1.82) is 0 Å². The normalized spacial score (nSPS) is 26.6. The lowest BCUT2D eigenvalue weighted by Gasteiger charge is -2.35. The summed E-state index contributed by atoms with van der Waals surface area (Å²) < 4.78 is 16.0. The first-order chi connectivity index (χ1) is 30.7. The van der Waals surface area contributed by atoms with Crippen LogP contribution in [0.5, 0.6) is 0 Å². The van der Waals surface area contributed by atoms with E-state index in [1.54, 1.807) is 0 Å². The van der Waals surface area contributed by atoms with Crippen LogP contribution in [-0.4, -0.2) is 117 Å². The first kappa shape index (κ1) is 39.8. The number of carbonyl (C=O) groups is 4. The summed E-state index contributed by atoms with van der Waals surface area (Å²) in [5, 5.41) is 17.2.